The number of anilines is 1. The van der Waals surface area contributed by atoms with E-state index in [9.17, 15) is 14.7 Å². The van der Waals surface area contributed by atoms with Crippen LogP contribution in [0, 0.1) is 20.8 Å². The number of aryl methyl sites for hydroxylation is 4. The Morgan fingerprint density at radius 1 is 1.03 bits per heavy atom. The van der Waals surface area contributed by atoms with Gasteiger partial charge in [-0.25, -0.2) is 9.97 Å². The highest BCUT2D eigenvalue weighted by Crippen LogP contribution is 2.44. The Kier molecular flexibility index (Phi) is 5.65. The molecule has 8 heteroatoms. The molecule has 0 radical (unpaired) electrons. The maximum atomic E-state index is 13.6. The third kappa shape index (κ3) is 3.63. The number of nitrogens with zero attached hydrogens (tertiary/aromatic N) is 4. The van der Waals surface area contributed by atoms with E-state index in [0.717, 1.165) is 38.9 Å². The van der Waals surface area contributed by atoms with Gasteiger partial charge >= 0.3 is 5.91 Å². The number of amides is 1. The van der Waals surface area contributed by atoms with Gasteiger partial charge in [0, 0.05) is 6.20 Å². The normalized spacial score (nSPS) is 17.3. The first kappa shape index (κ1) is 24.1. The molecule has 1 unspecified atom stereocenters. The summed E-state index contributed by atoms with van der Waals surface area (Å²) in [4.78, 5) is 38.0. The average Bonchev–Trinajstić information content (AvgIpc) is 3.56. The van der Waals surface area contributed by atoms with Gasteiger partial charge < -0.3 is 9.51 Å². The minimum absolute atomic E-state index is 0.0128. The van der Waals surface area contributed by atoms with E-state index in [4.69, 9.17) is 4.98 Å². The molecule has 6 rings (SSSR count). The second kappa shape index (κ2) is 8.92. The van der Waals surface area contributed by atoms with Gasteiger partial charge in [0.15, 0.2) is 10.9 Å². The van der Waals surface area contributed by atoms with Gasteiger partial charge in [-0.15, -0.1) is 0 Å². The molecule has 1 aliphatic heterocycles. The zero-order valence-corrected chi connectivity index (χ0v) is 22.3. The number of hydrogen-bond acceptors (Lipinski definition) is 6. The van der Waals surface area contributed by atoms with Crippen LogP contribution in [0.5, 0.6) is 0 Å². The number of carbonyl (C=O) groups is 2. The number of aliphatic hydroxyl groups excluding tert-OH is 1. The van der Waals surface area contributed by atoms with Crippen molar-refractivity contribution in [1.29, 1.82) is 0 Å². The van der Waals surface area contributed by atoms with Crippen molar-refractivity contribution in [2.75, 3.05) is 4.90 Å². The minimum atomic E-state index is -0.840. The molecule has 4 heterocycles. The molecule has 5 aromatic rings. The zero-order valence-electron chi connectivity index (χ0n) is 21.5. The molecule has 1 atom stereocenters. The number of benzene rings is 2. The van der Waals surface area contributed by atoms with Gasteiger partial charge in [-0.2, -0.15) is 0 Å². The lowest BCUT2D eigenvalue weighted by atomic mass is 9.95. The zero-order chi connectivity index (χ0) is 26.7. The van der Waals surface area contributed by atoms with Gasteiger partial charge in [0.05, 0.1) is 27.5 Å². The van der Waals surface area contributed by atoms with Crippen LogP contribution in [0.25, 0.3) is 21.6 Å². The molecule has 0 bridgehead atoms. The van der Waals surface area contributed by atoms with Gasteiger partial charge in [-0.3, -0.25) is 14.5 Å². The fourth-order valence-electron chi connectivity index (χ4n) is 5.08. The Morgan fingerprint density at radius 2 is 1.79 bits per heavy atom. The molecule has 0 aliphatic carbocycles. The van der Waals surface area contributed by atoms with Crippen molar-refractivity contribution in [3.05, 3.63) is 100 Å². The SMILES string of the molecule is CCc1ccc(C2C(=C(O)c3nc4c(C)cccn4c3C)C(=O)C(=O)N2c2nc3ccc(C)cc3s2)cc1. The number of imidazole rings is 1. The number of ketones is 1. The maximum absolute atomic E-state index is 13.6. The summed E-state index contributed by atoms with van der Waals surface area (Å²) in [5.41, 5.74) is 6.29. The van der Waals surface area contributed by atoms with Gasteiger partial charge in [-0.05, 0) is 67.6 Å². The van der Waals surface area contributed by atoms with Crippen LogP contribution in [-0.2, 0) is 16.0 Å². The fraction of sp³-hybridized carbons (Fsp3) is 0.200. The van der Waals surface area contributed by atoms with E-state index in [-0.39, 0.29) is 17.0 Å². The Hall–Kier alpha value is -4.30. The van der Waals surface area contributed by atoms with Crippen LogP contribution in [0.4, 0.5) is 5.13 Å². The lowest BCUT2D eigenvalue weighted by molar-refractivity contribution is -0.132. The first-order chi connectivity index (χ1) is 18.3. The monoisotopic (exact) mass is 522 g/mol. The summed E-state index contributed by atoms with van der Waals surface area (Å²) in [5.74, 6) is -1.76. The van der Waals surface area contributed by atoms with Crippen molar-refractivity contribution in [1.82, 2.24) is 14.4 Å². The Bertz CT molecular complexity index is 1800. The quantitative estimate of drug-likeness (QED) is 0.176. The van der Waals surface area contributed by atoms with E-state index < -0.39 is 17.7 Å². The van der Waals surface area contributed by atoms with E-state index in [1.807, 2.05) is 86.0 Å². The Labute approximate surface area is 223 Å². The van der Waals surface area contributed by atoms with Crippen LogP contribution < -0.4 is 4.90 Å². The number of pyridine rings is 1. The van der Waals surface area contributed by atoms with Crippen LogP contribution in [0.15, 0.2) is 66.4 Å². The van der Waals surface area contributed by atoms with Crippen LogP contribution in [-0.4, -0.2) is 31.2 Å². The number of rotatable bonds is 4. The van der Waals surface area contributed by atoms with Crippen molar-refractivity contribution in [3.63, 3.8) is 0 Å². The molecular formula is C30H26N4O3S. The fourth-order valence-corrected chi connectivity index (χ4v) is 6.17. The molecule has 0 saturated carbocycles. The smallest absolute Gasteiger partial charge is 0.301 e. The molecule has 190 valence electrons. The molecule has 1 N–H and O–H groups in total. The lowest BCUT2D eigenvalue weighted by Crippen LogP contribution is -2.29. The van der Waals surface area contributed by atoms with E-state index in [0.29, 0.717) is 16.5 Å². The Morgan fingerprint density at radius 3 is 2.50 bits per heavy atom. The first-order valence-corrected chi connectivity index (χ1v) is 13.3. The van der Waals surface area contributed by atoms with Crippen molar-refractivity contribution < 1.29 is 14.7 Å². The number of hydrogen-bond donors (Lipinski definition) is 1. The van der Waals surface area contributed by atoms with Crippen LogP contribution >= 0.6 is 11.3 Å². The highest BCUT2D eigenvalue weighted by Gasteiger charge is 2.48. The number of thiazole rings is 1. The second-order valence-electron chi connectivity index (χ2n) is 9.66. The van der Waals surface area contributed by atoms with Gasteiger partial charge in [-0.1, -0.05) is 54.7 Å². The molecule has 1 amide bonds. The summed E-state index contributed by atoms with van der Waals surface area (Å²) in [6.07, 6.45) is 2.72. The standard InChI is InChI=1S/C30H26N4O3S/c1-5-19-9-11-20(12-10-19)25-23(26(35)24-18(4)33-14-6-7-17(3)28(33)32-24)27(36)29(37)34(25)30-31-21-13-8-16(2)15-22(21)38-30/h6-15,25,35H,5H2,1-4H3. The Balaban J connectivity index is 1.59. The summed E-state index contributed by atoms with van der Waals surface area (Å²) < 4.78 is 2.80. The van der Waals surface area contributed by atoms with Crippen LogP contribution in [0.2, 0.25) is 0 Å². The molecule has 1 saturated heterocycles. The van der Waals surface area contributed by atoms with E-state index in [1.54, 1.807) is 0 Å². The predicted octanol–water partition coefficient (Wildman–Crippen LogP) is 6.06. The topological polar surface area (TPSA) is 87.8 Å². The number of fused-ring (bicyclic) bond motifs is 2. The minimum Gasteiger partial charge on any atom is -0.505 e. The maximum Gasteiger partial charge on any atom is 0.301 e. The van der Waals surface area contributed by atoms with E-state index in [2.05, 4.69) is 11.9 Å². The van der Waals surface area contributed by atoms with Crippen molar-refractivity contribution in [2.24, 2.45) is 0 Å². The molecule has 3 aromatic heterocycles. The summed E-state index contributed by atoms with van der Waals surface area (Å²) in [6, 6.07) is 16.7. The highest BCUT2D eigenvalue weighted by atomic mass is 32.1. The number of Topliss-reactive ketones (excluding diaryl/α,β-unsaturated/α-hetero) is 1. The largest absolute Gasteiger partial charge is 0.505 e. The molecule has 7 nitrogen and oxygen atoms in total. The summed E-state index contributed by atoms with van der Waals surface area (Å²) in [5, 5.41) is 12.1. The molecule has 2 aromatic carbocycles. The second-order valence-corrected chi connectivity index (χ2v) is 10.7. The molecule has 1 fully saturated rings. The first-order valence-electron chi connectivity index (χ1n) is 12.5. The number of aliphatic hydroxyl groups is 1. The average molecular weight is 523 g/mol. The molecule has 0 spiro atoms. The van der Waals surface area contributed by atoms with Crippen molar-refractivity contribution >= 4 is 49.8 Å². The molecular weight excluding hydrogens is 496 g/mol. The summed E-state index contributed by atoms with van der Waals surface area (Å²) >= 11 is 1.36. The lowest BCUT2D eigenvalue weighted by Gasteiger charge is -2.23. The molecule has 1 aliphatic rings. The van der Waals surface area contributed by atoms with Gasteiger partial charge in [0.1, 0.15) is 11.3 Å². The highest BCUT2D eigenvalue weighted by molar-refractivity contribution is 7.22. The number of carbonyl (C=O) groups excluding carboxylic acids is 2. The van der Waals surface area contributed by atoms with Crippen molar-refractivity contribution in [3.8, 4) is 0 Å². The van der Waals surface area contributed by atoms with Crippen LogP contribution in [0.1, 0.15) is 46.6 Å². The summed E-state index contributed by atoms with van der Waals surface area (Å²) in [6.45, 7) is 7.84. The van der Waals surface area contributed by atoms with Gasteiger partial charge in [0.25, 0.3) is 5.78 Å². The van der Waals surface area contributed by atoms with Gasteiger partial charge in [0.2, 0.25) is 0 Å². The number of aromatic nitrogens is 3. The third-order valence-corrected chi connectivity index (χ3v) is 8.21. The van der Waals surface area contributed by atoms with E-state index in [1.165, 1.54) is 16.2 Å². The predicted molar refractivity (Wildman–Crippen MR) is 150 cm³/mol. The van der Waals surface area contributed by atoms with Crippen LogP contribution in [0.3, 0.4) is 0 Å². The summed E-state index contributed by atoms with van der Waals surface area (Å²) in [7, 11) is 0. The van der Waals surface area contributed by atoms with Crippen molar-refractivity contribution in [2.45, 2.75) is 40.2 Å². The van der Waals surface area contributed by atoms with E-state index >= 15 is 0 Å². The molecule has 38 heavy (non-hydrogen) atoms. The third-order valence-electron chi connectivity index (χ3n) is 7.20.